The summed E-state index contributed by atoms with van der Waals surface area (Å²) in [5, 5.41) is 9.46. The van der Waals surface area contributed by atoms with E-state index in [9.17, 15) is 18.3 Å². The molecule has 0 spiro atoms. The molecule has 0 amide bonds. The summed E-state index contributed by atoms with van der Waals surface area (Å²) < 4.78 is 31.7. The highest BCUT2D eigenvalue weighted by atomic mass is 35.5. The summed E-state index contributed by atoms with van der Waals surface area (Å²) in [6, 6.07) is 0.0936. The number of carbonyl (C=O) groups is 1. The Morgan fingerprint density at radius 3 is 2.73 bits per heavy atom. The number of carboxylic acid groups (broad SMARTS) is 1. The van der Waals surface area contributed by atoms with Gasteiger partial charge in [-0.05, 0) is 17.9 Å². The van der Waals surface area contributed by atoms with E-state index >= 15 is 0 Å². The van der Waals surface area contributed by atoms with Gasteiger partial charge in [-0.2, -0.15) is 4.31 Å². The van der Waals surface area contributed by atoms with Gasteiger partial charge in [0.25, 0.3) is 0 Å². The predicted octanol–water partition coefficient (Wildman–Crippen LogP) is 1.62. The summed E-state index contributed by atoms with van der Waals surface area (Å²) in [5.74, 6) is -1.29. The Hall–Kier alpha value is -1.38. The summed E-state index contributed by atoms with van der Waals surface area (Å²) in [6.45, 7) is 3.75. The highest BCUT2D eigenvalue weighted by Gasteiger charge is 2.48. The Morgan fingerprint density at radius 2 is 2.18 bits per heavy atom. The monoisotopic (exact) mass is 348 g/mol. The topological polar surface area (TPSA) is 96.8 Å². The molecule has 2 rings (SSSR count). The summed E-state index contributed by atoms with van der Waals surface area (Å²) in [4.78, 5) is 15.0. The van der Waals surface area contributed by atoms with Crippen molar-refractivity contribution in [2.75, 3.05) is 13.7 Å². The van der Waals surface area contributed by atoms with Crippen LogP contribution in [-0.4, -0.2) is 48.5 Å². The number of aliphatic carboxylic acids is 1. The molecule has 1 fully saturated rings. The number of rotatable bonds is 4. The number of nitrogens with zero attached hydrogens (tertiary/aromatic N) is 2. The number of methoxy groups -OCH3 is 1. The molecule has 1 aromatic heterocycles. The van der Waals surface area contributed by atoms with Crippen molar-refractivity contribution in [1.29, 1.82) is 0 Å². The van der Waals surface area contributed by atoms with Crippen molar-refractivity contribution >= 4 is 27.6 Å². The minimum absolute atomic E-state index is 0.0992. The van der Waals surface area contributed by atoms with Crippen LogP contribution in [0.1, 0.15) is 20.3 Å². The number of hydrogen-bond donors (Lipinski definition) is 1. The first kappa shape index (κ1) is 17.0. The Morgan fingerprint density at radius 1 is 1.55 bits per heavy atom. The number of pyridine rings is 1. The third-order valence-electron chi connectivity index (χ3n) is 3.53. The van der Waals surface area contributed by atoms with Gasteiger partial charge in [0.15, 0.2) is 0 Å². The van der Waals surface area contributed by atoms with Crippen molar-refractivity contribution in [3.05, 3.63) is 17.3 Å². The Labute approximate surface area is 133 Å². The normalized spacial score (nSPS) is 21.7. The number of aromatic nitrogens is 1. The molecule has 2 heterocycles. The minimum atomic E-state index is -4.09. The van der Waals surface area contributed by atoms with Gasteiger partial charge in [0, 0.05) is 12.7 Å². The average molecular weight is 349 g/mol. The smallest absolute Gasteiger partial charge is 0.322 e. The molecule has 122 valence electrons. The van der Waals surface area contributed by atoms with Gasteiger partial charge in [-0.25, -0.2) is 13.4 Å². The third kappa shape index (κ3) is 3.04. The first-order valence-electron chi connectivity index (χ1n) is 6.53. The Balaban J connectivity index is 2.54. The molecule has 1 aliphatic heterocycles. The van der Waals surface area contributed by atoms with E-state index in [2.05, 4.69) is 4.98 Å². The van der Waals surface area contributed by atoms with Gasteiger partial charge in [-0.15, -0.1) is 0 Å². The second kappa shape index (κ2) is 5.68. The SMILES string of the molecule is COc1ncc(Cl)cc1S(=O)(=O)N1CC(C)(C)CC1C(=O)O. The van der Waals surface area contributed by atoms with Gasteiger partial charge >= 0.3 is 5.97 Å². The molecule has 0 radical (unpaired) electrons. The van der Waals surface area contributed by atoms with Crippen molar-refractivity contribution in [1.82, 2.24) is 9.29 Å². The molecule has 1 N–H and O–H groups in total. The van der Waals surface area contributed by atoms with E-state index in [0.29, 0.717) is 0 Å². The molecule has 0 aromatic carbocycles. The molecule has 1 unspecified atom stereocenters. The summed E-state index contributed by atoms with van der Waals surface area (Å²) in [7, 11) is -2.80. The molecule has 1 aromatic rings. The highest BCUT2D eigenvalue weighted by Crippen LogP contribution is 2.39. The van der Waals surface area contributed by atoms with Crippen LogP contribution in [0.15, 0.2) is 17.2 Å². The maximum Gasteiger partial charge on any atom is 0.322 e. The molecular formula is C13H17ClN2O5S. The van der Waals surface area contributed by atoms with Crippen molar-refractivity contribution in [3.8, 4) is 5.88 Å². The van der Waals surface area contributed by atoms with Crippen LogP contribution in [0.25, 0.3) is 0 Å². The van der Waals surface area contributed by atoms with Crippen LogP contribution in [0, 0.1) is 5.41 Å². The number of sulfonamides is 1. The molecule has 7 nitrogen and oxygen atoms in total. The maximum absolute atomic E-state index is 12.9. The predicted molar refractivity (Wildman–Crippen MR) is 79.5 cm³/mol. The zero-order valence-electron chi connectivity index (χ0n) is 12.4. The van der Waals surface area contributed by atoms with Crippen molar-refractivity contribution < 1.29 is 23.1 Å². The van der Waals surface area contributed by atoms with Gasteiger partial charge in [0.2, 0.25) is 15.9 Å². The minimum Gasteiger partial charge on any atom is -0.480 e. The van der Waals surface area contributed by atoms with E-state index < -0.39 is 27.4 Å². The largest absolute Gasteiger partial charge is 0.480 e. The number of carboxylic acids is 1. The van der Waals surface area contributed by atoms with Crippen molar-refractivity contribution in [3.63, 3.8) is 0 Å². The molecule has 1 saturated heterocycles. The quantitative estimate of drug-likeness (QED) is 0.888. The van der Waals surface area contributed by atoms with Crippen LogP contribution in [0.2, 0.25) is 5.02 Å². The molecule has 0 saturated carbocycles. The van der Waals surface area contributed by atoms with E-state index in [0.717, 1.165) is 4.31 Å². The van der Waals surface area contributed by atoms with Crippen LogP contribution < -0.4 is 4.74 Å². The summed E-state index contributed by atoms with van der Waals surface area (Å²) >= 11 is 5.82. The van der Waals surface area contributed by atoms with Gasteiger partial charge < -0.3 is 9.84 Å². The average Bonchev–Trinajstić information content (AvgIpc) is 2.76. The lowest BCUT2D eigenvalue weighted by atomic mass is 9.91. The lowest BCUT2D eigenvalue weighted by molar-refractivity contribution is -0.140. The molecule has 1 atom stereocenters. The van der Waals surface area contributed by atoms with Gasteiger partial charge in [0.05, 0.1) is 12.1 Å². The van der Waals surface area contributed by atoms with Crippen LogP contribution in [0.5, 0.6) is 5.88 Å². The van der Waals surface area contributed by atoms with Crippen molar-refractivity contribution in [2.45, 2.75) is 31.2 Å². The van der Waals surface area contributed by atoms with Gasteiger partial charge in [-0.3, -0.25) is 4.79 Å². The highest BCUT2D eigenvalue weighted by molar-refractivity contribution is 7.89. The Bertz CT molecular complexity index is 704. The molecule has 22 heavy (non-hydrogen) atoms. The fraction of sp³-hybridized carbons (Fsp3) is 0.538. The third-order valence-corrected chi connectivity index (χ3v) is 5.58. The van der Waals surface area contributed by atoms with Crippen LogP contribution in [-0.2, 0) is 14.8 Å². The van der Waals surface area contributed by atoms with E-state index in [4.69, 9.17) is 16.3 Å². The second-order valence-corrected chi connectivity index (χ2v) is 8.23. The second-order valence-electron chi connectivity index (χ2n) is 5.93. The lowest BCUT2D eigenvalue weighted by Crippen LogP contribution is -2.40. The van der Waals surface area contributed by atoms with Crippen LogP contribution >= 0.6 is 11.6 Å². The van der Waals surface area contributed by atoms with Gasteiger partial charge in [-0.1, -0.05) is 25.4 Å². The standard InChI is InChI=1S/C13H17ClN2O5S/c1-13(2)5-9(12(17)18)16(7-13)22(19,20)10-4-8(14)6-15-11(10)21-3/h4,6,9H,5,7H2,1-3H3,(H,17,18). The molecule has 0 bridgehead atoms. The molecule has 9 heteroatoms. The van der Waals surface area contributed by atoms with Gasteiger partial charge in [0.1, 0.15) is 10.9 Å². The summed E-state index contributed by atoms with van der Waals surface area (Å²) in [6.07, 6.45) is 1.50. The zero-order chi connectivity index (χ0) is 16.7. The first-order chi connectivity index (χ1) is 10.1. The van der Waals surface area contributed by atoms with Crippen LogP contribution in [0.4, 0.5) is 0 Å². The Kier molecular flexibility index (Phi) is 4.38. The number of halogens is 1. The first-order valence-corrected chi connectivity index (χ1v) is 8.34. The lowest BCUT2D eigenvalue weighted by Gasteiger charge is -2.22. The number of ether oxygens (including phenoxy) is 1. The zero-order valence-corrected chi connectivity index (χ0v) is 14.0. The van der Waals surface area contributed by atoms with E-state index in [1.54, 1.807) is 0 Å². The van der Waals surface area contributed by atoms with E-state index in [1.807, 2.05) is 13.8 Å². The fourth-order valence-corrected chi connectivity index (χ4v) is 4.68. The van der Waals surface area contributed by atoms with Crippen molar-refractivity contribution in [2.24, 2.45) is 5.41 Å². The van der Waals surface area contributed by atoms with Crippen LogP contribution in [0.3, 0.4) is 0 Å². The molecular weight excluding hydrogens is 332 g/mol. The molecule has 0 aliphatic carbocycles. The number of hydrogen-bond acceptors (Lipinski definition) is 5. The molecule has 1 aliphatic rings. The summed E-state index contributed by atoms with van der Waals surface area (Å²) in [5.41, 5.74) is -0.435. The fourth-order valence-electron chi connectivity index (χ4n) is 2.56. The van der Waals surface area contributed by atoms with E-state index in [-0.39, 0.29) is 28.8 Å². The van der Waals surface area contributed by atoms with E-state index in [1.165, 1.54) is 19.4 Å². The maximum atomic E-state index is 12.9.